The molecule has 1 fully saturated rings. The lowest BCUT2D eigenvalue weighted by molar-refractivity contribution is -0.384. The van der Waals surface area contributed by atoms with Gasteiger partial charge in [-0.3, -0.25) is 19.7 Å². The van der Waals surface area contributed by atoms with Crippen LogP contribution in [0.3, 0.4) is 0 Å². The first-order valence-corrected chi connectivity index (χ1v) is 11.2. The molecule has 33 heavy (non-hydrogen) atoms. The average molecular weight is 453 g/mol. The third-order valence-corrected chi connectivity index (χ3v) is 6.23. The minimum absolute atomic E-state index is 0.0876. The van der Waals surface area contributed by atoms with Gasteiger partial charge in [0.25, 0.3) is 11.6 Å². The number of hydrogen-bond donors (Lipinski definition) is 1. The van der Waals surface area contributed by atoms with Crippen molar-refractivity contribution < 1.29 is 14.5 Å². The number of rotatable bonds is 6. The molecule has 8 heteroatoms. The Balaban J connectivity index is 1.74. The van der Waals surface area contributed by atoms with Gasteiger partial charge in [0.15, 0.2) is 0 Å². The average Bonchev–Trinajstić information content (AvgIpc) is 2.75. The van der Waals surface area contributed by atoms with Crippen molar-refractivity contribution >= 4 is 28.9 Å². The zero-order chi connectivity index (χ0) is 24.3. The second-order valence-corrected chi connectivity index (χ2v) is 9.27. The largest absolute Gasteiger partial charge is 0.365 e. The van der Waals surface area contributed by atoms with Crippen LogP contribution in [0, 0.1) is 35.8 Å². The van der Waals surface area contributed by atoms with Gasteiger partial charge in [0.05, 0.1) is 11.5 Å². The molecule has 2 aromatic carbocycles. The maximum atomic E-state index is 12.9. The normalized spacial score (nSPS) is 18.0. The Kier molecular flexibility index (Phi) is 7.36. The molecule has 2 amide bonds. The second kappa shape index (κ2) is 10.0. The summed E-state index contributed by atoms with van der Waals surface area (Å²) in [4.78, 5) is 40.1. The molecule has 0 radical (unpaired) electrons. The summed E-state index contributed by atoms with van der Waals surface area (Å²) in [5, 5.41) is 14.6. The van der Waals surface area contributed by atoms with Crippen molar-refractivity contribution in [1.82, 2.24) is 4.90 Å². The number of carbonyl (C=O) groups excluding carboxylic acids is 2. The first kappa shape index (κ1) is 24.2. The van der Waals surface area contributed by atoms with E-state index in [0.29, 0.717) is 23.2 Å². The van der Waals surface area contributed by atoms with Crippen LogP contribution in [0.4, 0.5) is 17.1 Å². The number of piperidine rings is 1. The van der Waals surface area contributed by atoms with Crippen LogP contribution in [-0.4, -0.2) is 48.3 Å². The standard InChI is InChI=1S/C25H32N4O4/c1-16-11-17(2)14-28(13-16)22-10-9-20(12-23(22)29(32)33)25(31)27(5)15-24(30)26-21-8-6-7-18(3)19(21)4/h6-10,12,16-17H,11,13-15H2,1-5H3,(H,26,30). The van der Waals surface area contributed by atoms with Crippen molar-refractivity contribution in [2.24, 2.45) is 11.8 Å². The van der Waals surface area contributed by atoms with Crippen molar-refractivity contribution in [3.63, 3.8) is 0 Å². The fraction of sp³-hybridized carbons (Fsp3) is 0.440. The summed E-state index contributed by atoms with van der Waals surface area (Å²) in [7, 11) is 1.51. The van der Waals surface area contributed by atoms with E-state index < -0.39 is 10.8 Å². The number of anilines is 2. The van der Waals surface area contributed by atoms with E-state index >= 15 is 0 Å². The molecule has 0 saturated carbocycles. The van der Waals surface area contributed by atoms with Crippen LogP contribution in [0.5, 0.6) is 0 Å². The number of nitrogens with zero attached hydrogens (tertiary/aromatic N) is 3. The predicted molar refractivity (Wildman–Crippen MR) is 130 cm³/mol. The van der Waals surface area contributed by atoms with Crippen LogP contribution in [0.25, 0.3) is 0 Å². The summed E-state index contributed by atoms with van der Waals surface area (Å²) in [6.45, 7) is 9.50. The van der Waals surface area contributed by atoms with Crippen LogP contribution in [-0.2, 0) is 4.79 Å². The van der Waals surface area contributed by atoms with Gasteiger partial charge >= 0.3 is 0 Å². The Morgan fingerprint density at radius 2 is 1.82 bits per heavy atom. The van der Waals surface area contributed by atoms with Gasteiger partial charge in [0.1, 0.15) is 5.69 Å². The zero-order valence-electron chi connectivity index (χ0n) is 19.9. The highest BCUT2D eigenvalue weighted by molar-refractivity contribution is 6.00. The molecule has 1 aliphatic rings. The fourth-order valence-electron chi connectivity index (χ4n) is 4.51. The number of carbonyl (C=O) groups is 2. The van der Waals surface area contributed by atoms with E-state index in [4.69, 9.17) is 0 Å². The highest BCUT2D eigenvalue weighted by Crippen LogP contribution is 2.34. The Labute approximate surface area is 194 Å². The molecule has 176 valence electrons. The highest BCUT2D eigenvalue weighted by Gasteiger charge is 2.28. The molecule has 8 nitrogen and oxygen atoms in total. The fourth-order valence-corrected chi connectivity index (χ4v) is 4.51. The van der Waals surface area contributed by atoms with Crippen molar-refractivity contribution in [1.29, 1.82) is 0 Å². The number of likely N-dealkylation sites (N-methyl/N-ethyl adjacent to an activating group) is 1. The number of benzene rings is 2. The van der Waals surface area contributed by atoms with Crippen molar-refractivity contribution in [3.8, 4) is 0 Å². The van der Waals surface area contributed by atoms with Gasteiger partial charge in [-0.1, -0.05) is 26.0 Å². The topological polar surface area (TPSA) is 95.8 Å². The maximum absolute atomic E-state index is 12.9. The monoisotopic (exact) mass is 452 g/mol. The minimum atomic E-state index is -0.443. The number of nitrogens with one attached hydrogen (secondary N) is 1. The van der Waals surface area contributed by atoms with Crippen LogP contribution < -0.4 is 10.2 Å². The van der Waals surface area contributed by atoms with Crippen molar-refractivity contribution in [2.75, 3.05) is 36.9 Å². The molecule has 1 N–H and O–H groups in total. The van der Waals surface area contributed by atoms with Crippen LogP contribution >= 0.6 is 0 Å². The quantitative estimate of drug-likeness (QED) is 0.518. The van der Waals surface area contributed by atoms with Crippen LogP contribution in [0.1, 0.15) is 41.8 Å². The lowest BCUT2D eigenvalue weighted by atomic mass is 9.91. The third kappa shape index (κ3) is 5.69. The van der Waals surface area contributed by atoms with E-state index in [2.05, 4.69) is 19.2 Å². The molecule has 0 bridgehead atoms. The van der Waals surface area contributed by atoms with Gasteiger partial charge in [0, 0.05) is 37.5 Å². The van der Waals surface area contributed by atoms with Crippen LogP contribution in [0.15, 0.2) is 36.4 Å². The van der Waals surface area contributed by atoms with E-state index in [9.17, 15) is 19.7 Å². The third-order valence-electron chi connectivity index (χ3n) is 6.23. The lowest BCUT2D eigenvalue weighted by Crippen LogP contribution is -2.39. The number of aryl methyl sites for hydroxylation is 1. The number of hydrogen-bond acceptors (Lipinski definition) is 5. The molecule has 2 aromatic rings. The molecule has 2 atom stereocenters. The van der Waals surface area contributed by atoms with Gasteiger partial charge in [-0.2, -0.15) is 0 Å². The van der Waals surface area contributed by atoms with Gasteiger partial charge in [-0.25, -0.2) is 0 Å². The van der Waals surface area contributed by atoms with Gasteiger partial charge < -0.3 is 15.1 Å². The smallest absolute Gasteiger partial charge is 0.293 e. The highest BCUT2D eigenvalue weighted by atomic mass is 16.6. The summed E-state index contributed by atoms with van der Waals surface area (Å²) >= 11 is 0. The number of nitro groups is 1. The van der Waals surface area contributed by atoms with E-state index in [-0.39, 0.29) is 23.7 Å². The molecule has 3 rings (SSSR count). The molecular formula is C25H32N4O4. The summed E-state index contributed by atoms with van der Waals surface area (Å²) in [5.74, 6) is 0.107. The number of nitro benzene ring substituents is 1. The zero-order valence-corrected chi connectivity index (χ0v) is 19.9. The molecule has 2 unspecified atom stereocenters. The number of amides is 2. The summed E-state index contributed by atoms with van der Waals surface area (Å²) in [6.07, 6.45) is 1.09. The molecule has 0 aromatic heterocycles. The maximum Gasteiger partial charge on any atom is 0.293 e. The SMILES string of the molecule is Cc1cccc(NC(=O)CN(C)C(=O)c2ccc(N3CC(C)CC(C)C3)c([N+](=O)[O-])c2)c1C. The Morgan fingerprint density at radius 1 is 1.15 bits per heavy atom. The van der Waals surface area contributed by atoms with Gasteiger partial charge in [-0.05, 0) is 61.4 Å². The Hall–Kier alpha value is -3.42. The molecule has 0 spiro atoms. The summed E-state index contributed by atoms with van der Waals surface area (Å²) in [5.41, 5.74) is 3.35. The molecule has 0 aliphatic carbocycles. The molecule has 1 aliphatic heterocycles. The Morgan fingerprint density at radius 3 is 2.45 bits per heavy atom. The second-order valence-electron chi connectivity index (χ2n) is 9.27. The van der Waals surface area contributed by atoms with Crippen molar-refractivity contribution in [3.05, 3.63) is 63.2 Å². The molecule has 1 saturated heterocycles. The van der Waals surface area contributed by atoms with E-state index in [1.54, 1.807) is 12.1 Å². The van der Waals surface area contributed by atoms with E-state index in [1.807, 2.05) is 36.9 Å². The first-order valence-electron chi connectivity index (χ1n) is 11.2. The summed E-state index contributed by atoms with van der Waals surface area (Å²) < 4.78 is 0. The van der Waals surface area contributed by atoms with E-state index in [1.165, 1.54) is 18.0 Å². The molecular weight excluding hydrogens is 420 g/mol. The summed E-state index contributed by atoms with van der Waals surface area (Å²) in [6, 6.07) is 10.2. The first-order chi connectivity index (χ1) is 15.6. The predicted octanol–water partition coefficient (Wildman–Crippen LogP) is 4.40. The van der Waals surface area contributed by atoms with Gasteiger partial charge in [-0.15, -0.1) is 0 Å². The van der Waals surface area contributed by atoms with E-state index in [0.717, 1.165) is 30.6 Å². The lowest BCUT2D eigenvalue weighted by Gasteiger charge is -2.36. The molecule has 1 heterocycles. The van der Waals surface area contributed by atoms with Crippen LogP contribution in [0.2, 0.25) is 0 Å². The Bertz CT molecular complexity index is 1060. The minimum Gasteiger partial charge on any atom is -0.365 e. The van der Waals surface area contributed by atoms with Gasteiger partial charge in [0.2, 0.25) is 5.91 Å². The van der Waals surface area contributed by atoms with Crippen molar-refractivity contribution in [2.45, 2.75) is 34.1 Å².